The van der Waals surface area contributed by atoms with Gasteiger partial charge in [-0.15, -0.1) is 0 Å². The summed E-state index contributed by atoms with van der Waals surface area (Å²) in [5.74, 6) is 0.0701. The van der Waals surface area contributed by atoms with E-state index in [4.69, 9.17) is 5.73 Å². The molecule has 1 aromatic rings. The summed E-state index contributed by atoms with van der Waals surface area (Å²) in [7, 11) is 0. The van der Waals surface area contributed by atoms with E-state index in [1.165, 1.54) is 6.42 Å². The summed E-state index contributed by atoms with van der Waals surface area (Å²) in [6.07, 6.45) is 5.95. The molecule has 0 unspecified atom stereocenters. The van der Waals surface area contributed by atoms with Crippen molar-refractivity contribution in [1.82, 2.24) is 5.32 Å². The number of carbonyl (C=O) groups is 1. The molecule has 1 atom stereocenters. The van der Waals surface area contributed by atoms with Crippen LogP contribution in [-0.2, 0) is 4.79 Å². The van der Waals surface area contributed by atoms with Crippen LogP contribution in [0.4, 0.5) is 0 Å². The maximum Gasteiger partial charge on any atom is 0.222 e. The second-order valence-electron chi connectivity index (χ2n) is 5.80. The Hall–Kier alpha value is -1.35. The number of nitrogens with one attached hydrogen (secondary N) is 1. The van der Waals surface area contributed by atoms with Gasteiger partial charge in [-0.25, -0.2) is 0 Å². The maximum absolute atomic E-state index is 12.1. The molecule has 3 N–H and O–H groups in total. The van der Waals surface area contributed by atoms with Crippen LogP contribution >= 0.6 is 0 Å². The van der Waals surface area contributed by atoms with Crippen molar-refractivity contribution in [3.8, 4) is 0 Å². The number of nitrogens with two attached hydrogens (primary N) is 1. The second-order valence-corrected chi connectivity index (χ2v) is 5.80. The summed E-state index contributed by atoms with van der Waals surface area (Å²) in [6.45, 7) is 2.01. The van der Waals surface area contributed by atoms with Gasteiger partial charge in [-0.2, -0.15) is 0 Å². The molecule has 104 valence electrons. The van der Waals surface area contributed by atoms with Crippen LogP contribution in [0.5, 0.6) is 0 Å². The van der Waals surface area contributed by atoms with Crippen LogP contribution in [0.1, 0.15) is 57.1 Å². The number of rotatable bonds is 4. The zero-order chi connectivity index (χ0) is 13.7. The first kappa shape index (κ1) is 14.1. The lowest BCUT2D eigenvalue weighted by Gasteiger charge is -2.33. The highest BCUT2D eigenvalue weighted by atomic mass is 16.1. The standard InChI is InChI=1S/C16H24N2O/c1-13(14-8-4-2-5-9-14)18-15(19)12-16(17)10-6-3-7-11-16/h2,4-5,8-9,13H,3,6-7,10-12,17H2,1H3,(H,18,19)/t13-/m1/s1. The van der Waals surface area contributed by atoms with Crippen LogP contribution in [0.3, 0.4) is 0 Å². The fourth-order valence-electron chi connectivity index (χ4n) is 2.87. The minimum absolute atomic E-state index is 0.0425. The number of carbonyl (C=O) groups excluding carboxylic acids is 1. The lowest BCUT2D eigenvalue weighted by molar-refractivity contribution is -0.123. The number of amides is 1. The van der Waals surface area contributed by atoms with Crippen LogP contribution < -0.4 is 11.1 Å². The number of hydrogen-bond donors (Lipinski definition) is 2. The van der Waals surface area contributed by atoms with Crippen molar-refractivity contribution in [1.29, 1.82) is 0 Å². The number of benzene rings is 1. The smallest absolute Gasteiger partial charge is 0.222 e. The molecule has 0 aliphatic heterocycles. The first-order chi connectivity index (χ1) is 9.09. The van der Waals surface area contributed by atoms with E-state index in [1.54, 1.807) is 0 Å². The van der Waals surface area contributed by atoms with Crippen molar-refractivity contribution in [3.05, 3.63) is 35.9 Å². The molecule has 0 saturated heterocycles. The van der Waals surface area contributed by atoms with Gasteiger partial charge in [-0.1, -0.05) is 49.6 Å². The Bertz CT molecular complexity index is 410. The van der Waals surface area contributed by atoms with E-state index in [0.29, 0.717) is 6.42 Å². The molecule has 1 fully saturated rings. The molecule has 2 rings (SSSR count). The Balaban J connectivity index is 1.87. The second kappa shape index (κ2) is 6.20. The van der Waals surface area contributed by atoms with Crippen LogP contribution in [0.15, 0.2) is 30.3 Å². The molecule has 1 amide bonds. The van der Waals surface area contributed by atoms with Crippen LogP contribution in [0.2, 0.25) is 0 Å². The molecule has 3 heteroatoms. The third kappa shape index (κ3) is 4.06. The predicted octanol–water partition coefficient (Wildman–Crippen LogP) is 2.92. The van der Waals surface area contributed by atoms with Gasteiger partial charge < -0.3 is 11.1 Å². The normalized spacial score (nSPS) is 19.7. The highest BCUT2D eigenvalue weighted by Crippen LogP contribution is 2.28. The SMILES string of the molecule is C[C@@H](NC(=O)CC1(N)CCCCC1)c1ccccc1. The predicted molar refractivity (Wildman–Crippen MR) is 77.6 cm³/mol. The average Bonchev–Trinajstić information content (AvgIpc) is 2.39. The molecule has 1 aromatic carbocycles. The molecule has 0 heterocycles. The molecule has 1 aliphatic carbocycles. The van der Waals surface area contributed by atoms with E-state index in [2.05, 4.69) is 5.32 Å². The van der Waals surface area contributed by atoms with E-state index >= 15 is 0 Å². The Morgan fingerprint density at radius 3 is 2.53 bits per heavy atom. The summed E-state index contributed by atoms with van der Waals surface area (Å²) in [5.41, 5.74) is 7.16. The minimum Gasteiger partial charge on any atom is -0.350 e. The van der Waals surface area contributed by atoms with Gasteiger partial charge >= 0.3 is 0 Å². The van der Waals surface area contributed by atoms with Gasteiger partial charge in [0.2, 0.25) is 5.91 Å². The van der Waals surface area contributed by atoms with Gasteiger partial charge in [0.05, 0.1) is 6.04 Å². The van der Waals surface area contributed by atoms with Crippen LogP contribution in [0.25, 0.3) is 0 Å². The summed E-state index contributed by atoms with van der Waals surface area (Å²) < 4.78 is 0. The zero-order valence-electron chi connectivity index (χ0n) is 11.7. The highest BCUT2D eigenvalue weighted by Gasteiger charge is 2.30. The molecule has 0 bridgehead atoms. The van der Waals surface area contributed by atoms with Crippen molar-refractivity contribution in [3.63, 3.8) is 0 Å². The average molecular weight is 260 g/mol. The highest BCUT2D eigenvalue weighted by molar-refractivity contribution is 5.77. The first-order valence-electron chi connectivity index (χ1n) is 7.22. The van der Waals surface area contributed by atoms with Crippen molar-refractivity contribution < 1.29 is 4.79 Å². The Kier molecular flexibility index (Phi) is 4.59. The van der Waals surface area contributed by atoms with Crippen LogP contribution in [-0.4, -0.2) is 11.4 Å². The van der Waals surface area contributed by atoms with Crippen molar-refractivity contribution >= 4 is 5.91 Å². The van der Waals surface area contributed by atoms with E-state index < -0.39 is 0 Å². The Morgan fingerprint density at radius 2 is 1.89 bits per heavy atom. The molecule has 1 saturated carbocycles. The minimum atomic E-state index is -0.279. The summed E-state index contributed by atoms with van der Waals surface area (Å²) >= 11 is 0. The third-order valence-electron chi connectivity index (χ3n) is 4.04. The van der Waals surface area contributed by atoms with E-state index in [-0.39, 0.29) is 17.5 Å². The van der Waals surface area contributed by atoms with E-state index in [1.807, 2.05) is 37.3 Å². The first-order valence-corrected chi connectivity index (χ1v) is 7.22. The topological polar surface area (TPSA) is 55.1 Å². The Labute approximate surface area is 115 Å². The van der Waals surface area contributed by atoms with Crippen molar-refractivity contribution in [2.75, 3.05) is 0 Å². The molecule has 1 aliphatic rings. The summed E-state index contributed by atoms with van der Waals surface area (Å²) in [6, 6.07) is 10.1. The van der Waals surface area contributed by atoms with Gasteiger partial charge in [0.25, 0.3) is 0 Å². The van der Waals surface area contributed by atoms with Gasteiger partial charge in [-0.05, 0) is 25.3 Å². The fourth-order valence-corrected chi connectivity index (χ4v) is 2.87. The molecular formula is C16H24N2O. The monoisotopic (exact) mass is 260 g/mol. The van der Waals surface area contributed by atoms with Crippen LogP contribution in [0, 0.1) is 0 Å². The van der Waals surface area contributed by atoms with Gasteiger partial charge in [-0.3, -0.25) is 4.79 Å². The largest absolute Gasteiger partial charge is 0.350 e. The Morgan fingerprint density at radius 1 is 1.26 bits per heavy atom. The lowest BCUT2D eigenvalue weighted by atomic mass is 9.80. The fraction of sp³-hybridized carbons (Fsp3) is 0.562. The van der Waals surface area contributed by atoms with Gasteiger partial charge in [0.1, 0.15) is 0 Å². The quantitative estimate of drug-likeness (QED) is 0.874. The molecule has 0 spiro atoms. The molecule has 3 nitrogen and oxygen atoms in total. The third-order valence-corrected chi connectivity index (χ3v) is 4.04. The lowest BCUT2D eigenvalue weighted by Crippen LogP contribution is -2.46. The molecule has 0 radical (unpaired) electrons. The van der Waals surface area contributed by atoms with E-state index in [0.717, 1.165) is 31.2 Å². The summed E-state index contributed by atoms with van der Waals surface area (Å²) in [4.78, 5) is 12.1. The van der Waals surface area contributed by atoms with E-state index in [9.17, 15) is 4.79 Å². The summed E-state index contributed by atoms with van der Waals surface area (Å²) in [5, 5.41) is 3.05. The maximum atomic E-state index is 12.1. The molecule has 19 heavy (non-hydrogen) atoms. The van der Waals surface area contributed by atoms with Crippen molar-refractivity contribution in [2.45, 2.75) is 57.0 Å². The molecular weight excluding hydrogens is 236 g/mol. The van der Waals surface area contributed by atoms with Crippen molar-refractivity contribution in [2.24, 2.45) is 5.73 Å². The zero-order valence-corrected chi connectivity index (χ0v) is 11.7. The van der Waals surface area contributed by atoms with Gasteiger partial charge in [0.15, 0.2) is 0 Å². The number of hydrogen-bond acceptors (Lipinski definition) is 2. The molecule has 0 aromatic heterocycles. The van der Waals surface area contributed by atoms with Gasteiger partial charge in [0, 0.05) is 12.0 Å².